The minimum absolute atomic E-state index is 0.542. The van der Waals surface area contributed by atoms with Gasteiger partial charge in [0, 0.05) is 78.0 Å². The van der Waals surface area contributed by atoms with Crippen LogP contribution in [0.3, 0.4) is 0 Å². The fourth-order valence-corrected chi connectivity index (χ4v) is 32.7. The molecule has 5 aromatic heterocycles. The molecule has 0 aliphatic heterocycles. The summed E-state index contributed by atoms with van der Waals surface area (Å²) in [5.41, 5.74) is 10.3. The van der Waals surface area contributed by atoms with Gasteiger partial charge in [0.2, 0.25) is 4.73 Å². The van der Waals surface area contributed by atoms with Crippen LogP contribution in [-0.4, -0.2) is 52.7 Å². The van der Waals surface area contributed by atoms with Crippen LogP contribution in [0.25, 0.3) is 123 Å². The quantitative estimate of drug-likeness (QED) is 0.0562. The molecule has 0 N–H and O–H groups in total. The Morgan fingerprint density at radius 3 is 0.727 bits per heavy atom. The predicted octanol–water partition coefficient (Wildman–Crippen LogP) is 28.1. The maximum atomic E-state index is 6.49. The summed E-state index contributed by atoms with van der Waals surface area (Å²) in [5.74, 6) is 3.26. The third kappa shape index (κ3) is 21.2. The molecular formula is C120H83Br5Cl2N6O3Si3. The van der Waals surface area contributed by atoms with Crippen molar-refractivity contribution >= 4 is 242 Å². The molecule has 24 rings (SSSR count). The van der Waals surface area contributed by atoms with Crippen LogP contribution in [0.2, 0.25) is 0 Å². The molecule has 0 saturated carbocycles. The molecule has 0 aliphatic carbocycles. The first kappa shape index (κ1) is 94.2. The van der Waals surface area contributed by atoms with Gasteiger partial charge in [0.15, 0.2) is 45.3 Å². The van der Waals surface area contributed by atoms with E-state index in [4.69, 9.17) is 50.4 Å². The van der Waals surface area contributed by atoms with Gasteiger partial charge in [-0.25, -0.2) is 29.9 Å². The van der Waals surface area contributed by atoms with Crippen LogP contribution in [0, 0.1) is 0 Å². The highest BCUT2D eigenvalue weighted by Crippen LogP contribution is 2.35. The van der Waals surface area contributed by atoms with E-state index in [9.17, 15) is 0 Å². The molecule has 19 heteroatoms. The minimum atomic E-state index is -2.91. The number of halogens is 7. The lowest BCUT2D eigenvalue weighted by Gasteiger charge is -2.34. The molecule has 0 radical (unpaired) electrons. The third-order valence-electron chi connectivity index (χ3n) is 24.0. The van der Waals surface area contributed by atoms with Crippen molar-refractivity contribution in [1.82, 2.24) is 29.9 Å². The smallest absolute Gasteiger partial charge is 0.310 e. The topological polar surface area (TPSA) is 117 Å². The fraction of sp³-hybridized carbons (Fsp3) is 0. The Balaban J connectivity index is 0.000000118. The van der Waals surface area contributed by atoms with Gasteiger partial charge < -0.3 is 13.3 Å². The van der Waals surface area contributed by atoms with Crippen LogP contribution in [0.15, 0.2) is 539 Å². The Kier molecular flexibility index (Phi) is 29.8. The van der Waals surface area contributed by atoms with Gasteiger partial charge in [0.1, 0.15) is 33.5 Å². The zero-order valence-electron chi connectivity index (χ0n) is 74.5. The largest absolute Gasteiger partial charge is 0.456 e. The van der Waals surface area contributed by atoms with Crippen LogP contribution in [0.4, 0.5) is 0 Å². The number of benzene rings is 19. The Bertz CT molecular complexity index is 8060. The molecule has 0 saturated heterocycles. The number of hydrogen-bond acceptors (Lipinski definition) is 9. The van der Waals surface area contributed by atoms with E-state index >= 15 is 0 Å². The lowest BCUT2D eigenvalue weighted by atomic mass is 10.1. The number of furan rings is 3. The average Bonchev–Trinajstić information content (AvgIpc) is 1.72. The third-order valence-corrected chi connectivity index (χ3v) is 40.6. The molecule has 9 nitrogen and oxygen atoms in total. The SMILES string of the molecule is Brc1ccc2oc3ccccc3c2c1.Brc1cccc(Br)c1.Brc1cccc([Si](c2ccccc2)(c2ccccc2)c2ccc3oc4ccccc4c3c2)c1.Brc1nc(-c2ccccc2)nc(-c2ccccc2)n1.Cl[Si](Cl)(c1ccccc1)c1ccccc1.c1ccc(-c2nc(-c3ccccc3)nc(-c3cccc([Si](c4ccccc4)(c4ccccc4)c4ccc5oc6ccccc6c5c4)c3)n2)cc1. The van der Waals surface area contributed by atoms with Crippen molar-refractivity contribution in [2.45, 2.75) is 0 Å². The second-order valence-electron chi connectivity index (χ2n) is 32.7. The molecule has 0 fully saturated rings. The summed E-state index contributed by atoms with van der Waals surface area (Å²) in [7, 11) is -5.49. The average molecular weight is 2210 g/mol. The molecular weight excluding hydrogens is 2130 g/mol. The van der Waals surface area contributed by atoms with Crippen molar-refractivity contribution in [1.29, 1.82) is 0 Å². The van der Waals surface area contributed by atoms with Gasteiger partial charge >= 0.3 is 6.69 Å². The molecule has 0 spiro atoms. The van der Waals surface area contributed by atoms with Gasteiger partial charge in [-0.3, -0.25) is 0 Å². The molecule has 672 valence electrons. The number of para-hydroxylation sites is 3. The Hall–Kier alpha value is -13.8. The van der Waals surface area contributed by atoms with E-state index < -0.39 is 22.8 Å². The molecule has 0 unspecified atom stereocenters. The monoisotopic (exact) mass is 2200 g/mol. The van der Waals surface area contributed by atoms with Crippen LogP contribution >= 0.6 is 102 Å². The summed E-state index contributed by atoms with van der Waals surface area (Å²) in [5, 5.41) is 19.5. The number of aromatic nitrogens is 6. The second kappa shape index (κ2) is 43.9. The van der Waals surface area contributed by atoms with Gasteiger partial charge in [0.05, 0.1) is 0 Å². The van der Waals surface area contributed by atoms with Gasteiger partial charge in [0.25, 0.3) is 0 Å². The van der Waals surface area contributed by atoms with Crippen molar-refractivity contribution in [2.75, 3.05) is 0 Å². The van der Waals surface area contributed by atoms with Crippen LogP contribution in [0.1, 0.15) is 0 Å². The molecule has 19 aromatic carbocycles. The van der Waals surface area contributed by atoms with E-state index in [-0.39, 0.29) is 0 Å². The van der Waals surface area contributed by atoms with E-state index in [1.54, 1.807) is 0 Å². The highest BCUT2D eigenvalue weighted by Gasteiger charge is 2.44. The Labute approximate surface area is 860 Å². The first-order valence-electron chi connectivity index (χ1n) is 45.0. The van der Waals surface area contributed by atoms with Crippen LogP contribution in [-0.2, 0) is 0 Å². The van der Waals surface area contributed by atoms with E-state index in [2.05, 4.69) is 337 Å². The lowest BCUT2D eigenvalue weighted by Crippen LogP contribution is -2.74. The van der Waals surface area contributed by atoms with Crippen molar-refractivity contribution in [3.63, 3.8) is 0 Å². The maximum Gasteiger partial charge on any atom is 0.310 e. The van der Waals surface area contributed by atoms with Crippen LogP contribution < -0.4 is 51.9 Å². The first-order chi connectivity index (χ1) is 68.2. The standard InChI is InChI=1S/C45H31N3OSi.C30H21BrOSi.C15H10BrN3.C12H7BrO.C12H10Cl2Si.C6H4Br2/c1-5-16-32(17-6-1)43-46-44(33-18-7-2-8-19-33)48-45(47-43)34-20-15-25-37(30-34)50(35-21-9-3-10-22-35,36-23-11-4-12-24-36)38-28-29-42-40(31-38)39-26-13-14-27-41(39)49-42;31-22-10-9-15-25(20-22)33(23-11-3-1-4-12-23,24-13-5-2-6-14-24)26-18-19-30-28(21-26)27-16-7-8-17-29(27)32-30;16-15-18-13(11-7-3-1-4-8-11)17-14(19-15)12-9-5-2-6-10-12;13-8-5-6-12-10(7-8)9-3-1-2-4-11(9)14-12;13-15(14,11-7-3-1-4-8-11)12-9-5-2-6-10-12;7-5-2-1-3-6(8)4-5/h1-31H;1-21H;1-10H;1-7H;1-10H;1-4H. The molecule has 24 aromatic rings. The number of rotatable bonds is 15. The van der Waals surface area contributed by atoms with Gasteiger partial charge in [-0.05, 0) is 147 Å². The van der Waals surface area contributed by atoms with Crippen molar-refractivity contribution < 1.29 is 13.3 Å². The number of nitrogens with zero attached hydrogens (tertiary/aromatic N) is 6. The molecule has 0 bridgehead atoms. The van der Waals surface area contributed by atoms with E-state index in [0.717, 1.165) is 111 Å². The number of fused-ring (bicyclic) bond motifs is 9. The normalized spacial score (nSPS) is 11.3. The Morgan fingerprint density at radius 2 is 0.396 bits per heavy atom. The lowest BCUT2D eigenvalue weighted by molar-refractivity contribution is 0.668. The summed E-state index contributed by atoms with van der Waals surface area (Å²) in [6.07, 6.45) is 0. The Morgan fingerprint density at radius 1 is 0.165 bits per heavy atom. The molecule has 0 atom stereocenters. The zero-order chi connectivity index (χ0) is 94.9. The van der Waals surface area contributed by atoms with Crippen molar-refractivity contribution in [2.24, 2.45) is 0 Å². The summed E-state index contributed by atoms with van der Waals surface area (Å²) in [6, 6.07) is 174. The van der Waals surface area contributed by atoms with Crippen molar-refractivity contribution in [3.05, 3.63) is 526 Å². The highest BCUT2D eigenvalue weighted by atomic mass is 79.9. The number of hydrogen-bond donors (Lipinski definition) is 0. The van der Waals surface area contributed by atoms with Crippen LogP contribution in [0.5, 0.6) is 0 Å². The van der Waals surface area contributed by atoms with E-state index in [0.29, 0.717) is 33.9 Å². The molecule has 139 heavy (non-hydrogen) atoms. The summed E-state index contributed by atoms with van der Waals surface area (Å²) in [4.78, 5) is 28.3. The van der Waals surface area contributed by atoms with Gasteiger partial charge in [-0.15, -0.1) is 22.2 Å². The zero-order valence-corrected chi connectivity index (χ0v) is 86.9. The molecule has 0 aliphatic rings. The minimum Gasteiger partial charge on any atom is -0.456 e. The fourth-order valence-electron chi connectivity index (χ4n) is 17.6. The van der Waals surface area contributed by atoms with Gasteiger partial charge in [-0.1, -0.05) is 488 Å². The molecule has 5 heterocycles. The summed E-state index contributed by atoms with van der Waals surface area (Å²) < 4.78 is 23.1. The second-order valence-corrected chi connectivity index (χ2v) is 51.0. The first-order valence-corrected chi connectivity index (χ1v) is 57.0. The van der Waals surface area contributed by atoms with Gasteiger partial charge in [-0.2, -0.15) is 0 Å². The predicted molar refractivity (Wildman–Crippen MR) is 603 cm³/mol. The highest BCUT2D eigenvalue weighted by molar-refractivity contribution is 9.11. The molecule has 0 amide bonds. The maximum absolute atomic E-state index is 6.49. The summed E-state index contributed by atoms with van der Waals surface area (Å²) >= 11 is 30.2. The van der Waals surface area contributed by atoms with E-state index in [1.807, 2.05) is 261 Å². The van der Waals surface area contributed by atoms with E-state index in [1.165, 1.54) is 52.3 Å². The van der Waals surface area contributed by atoms with Crippen molar-refractivity contribution in [3.8, 4) is 56.9 Å². The summed E-state index contributed by atoms with van der Waals surface area (Å²) in [6.45, 7) is -2.51.